The summed E-state index contributed by atoms with van der Waals surface area (Å²) >= 11 is 0. The molecule has 0 aromatic heterocycles. The van der Waals surface area contributed by atoms with Gasteiger partial charge >= 0.3 is 0 Å². The zero-order valence-corrected chi connectivity index (χ0v) is 14.7. The van der Waals surface area contributed by atoms with Crippen LogP contribution < -0.4 is 5.32 Å². The number of benzene rings is 1. The van der Waals surface area contributed by atoms with Crippen LogP contribution in [0.3, 0.4) is 0 Å². The highest BCUT2D eigenvalue weighted by Gasteiger charge is 2.27. The van der Waals surface area contributed by atoms with Gasteiger partial charge in [-0.2, -0.15) is 0 Å². The molecular weight excluding hydrogens is 256 g/mol. The molecule has 0 bridgehead atoms. The van der Waals surface area contributed by atoms with Crippen LogP contribution >= 0.6 is 0 Å². The van der Waals surface area contributed by atoms with Crippen LogP contribution in [0.4, 0.5) is 0 Å². The van der Waals surface area contributed by atoms with E-state index in [1.165, 1.54) is 24.9 Å². The fraction of sp³-hybridized carbons (Fsp3) is 0.684. The van der Waals surface area contributed by atoms with Crippen molar-refractivity contribution >= 4 is 0 Å². The molecule has 1 aromatic carbocycles. The van der Waals surface area contributed by atoms with E-state index in [-0.39, 0.29) is 5.41 Å². The number of hydrogen-bond donors (Lipinski definition) is 1. The second kappa shape index (κ2) is 9.22. The average Bonchev–Trinajstić information content (AvgIpc) is 2.46. The van der Waals surface area contributed by atoms with Crippen LogP contribution in [-0.2, 0) is 5.41 Å². The van der Waals surface area contributed by atoms with E-state index in [0.29, 0.717) is 0 Å². The Morgan fingerprint density at radius 3 is 2.43 bits per heavy atom. The van der Waals surface area contributed by atoms with Crippen LogP contribution in [0.2, 0.25) is 0 Å². The highest BCUT2D eigenvalue weighted by atomic mass is 15.1. The summed E-state index contributed by atoms with van der Waals surface area (Å²) in [6.45, 7) is 13.6. The van der Waals surface area contributed by atoms with Crippen molar-refractivity contribution in [2.24, 2.45) is 5.92 Å². The van der Waals surface area contributed by atoms with E-state index < -0.39 is 0 Å². The summed E-state index contributed by atoms with van der Waals surface area (Å²) in [6.07, 6.45) is 2.46. The zero-order chi connectivity index (χ0) is 15.7. The van der Waals surface area contributed by atoms with Gasteiger partial charge in [0.05, 0.1) is 0 Å². The molecule has 0 saturated heterocycles. The lowest BCUT2D eigenvalue weighted by molar-refractivity contribution is 0.238. The Hall–Kier alpha value is -0.860. The van der Waals surface area contributed by atoms with Gasteiger partial charge < -0.3 is 10.2 Å². The predicted molar refractivity (Wildman–Crippen MR) is 93.9 cm³/mol. The van der Waals surface area contributed by atoms with E-state index >= 15 is 0 Å². The summed E-state index contributed by atoms with van der Waals surface area (Å²) in [7, 11) is 2.25. The number of rotatable bonds is 10. The summed E-state index contributed by atoms with van der Waals surface area (Å²) in [5.74, 6) is 0.772. The van der Waals surface area contributed by atoms with Gasteiger partial charge in [-0.25, -0.2) is 0 Å². The van der Waals surface area contributed by atoms with Gasteiger partial charge in [-0.3, -0.25) is 0 Å². The topological polar surface area (TPSA) is 15.3 Å². The number of nitrogens with zero attached hydrogens (tertiary/aromatic N) is 1. The first-order chi connectivity index (χ1) is 9.98. The minimum atomic E-state index is 0.169. The van der Waals surface area contributed by atoms with Crippen LogP contribution in [0, 0.1) is 5.92 Å². The molecule has 0 saturated carbocycles. The third kappa shape index (κ3) is 6.62. The van der Waals surface area contributed by atoms with Gasteiger partial charge in [0.2, 0.25) is 0 Å². The molecule has 0 aliphatic heterocycles. The molecule has 0 aliphatic carbocycles. The normalized spacial score (nSPS) is 14.6. The zero-order valence-electron chi connectivity index (χ0n) is 14.7. The maximum absolute atomic E-state index is 3.62. The summed E-state index contributed by atoms with van der Waals surface area (Å²) < 4.78 is 0. The average molecular weight is 290 g/mol. The molecule has 0 radical (unpaired) electrons. The fourth-order valence-electron chi connectivity index (χ4n) is 2.78. The highest BCUT2D eigenvalue weighted by molar-refractivity contribution is 5.25. The second-order valence-corrected chi connectivity index (χ2v) is 7.02. The fourth-order valence-corrected chi connectivity index (χ4v) is 2.78. The molecule has 21 heavy (non-hydrogen) atoms. The smallest absolute Gasteiger partial charge is 0.0176 e. The lowest BCUT2D eigenvalue weighted by Crippen LogP contribution is -2.45. The SMILES string of the molecule is CCCNCC(C)(CN(C)CCC(C)C)c1ccccc1. The van der Waals surface area contributed by atoms with E-state index in [2.05, 4.69) is 75.3 Å². The van der Waals surface area contributed by atoms with Crippen LogP contribution in [-0.4, -0.2) is 38.1 Å². The summed E-state index contributed by atoms with van der Waals surface area (Å²) in [5.41, 5.74) is 1.60. The maximum atomic E-state index is 3.62. The predicted octanol–water partition coefficient (Wildman–Crippen LogP) is 3.92. The summed E-state index contributed by atoms with van der Waals surface area (Å²) in [6, 6.07) is 10.9. The van der Waals surface area contributed by atoms with E-state index in [0.717, 1.165) is 25.6 Å². The Morgan fingerprint density at radius 2 is 1.86 bits per heavy atom. The quantitative estimate of drug-likeness (QED) is 0.657. The Morgan fingerprint density at radius 1 is 1.19 bits per heavy atom. The van der Waals surface area contributed by atoms with Gasteiger partial charge in [0.15, 0.2) is 0 Å². The van der Waals surface area contributed by atoms with Gasteiger partial charge in [0.25, 0.3) is 0 Å². The molecule has 0 heterocycles. The van der Waals surface area contributed by atoms with Crippen molar-refractivity contribution in [1.29, 1.82) is 0 Å². The molecule has 0 fully saturated rings. The molecule has 1 rings (SSSR count). The standard InChI is InChI=1S/C19H34N2/c1-6-13-20-15-19(4,18-10-8-7-9-11-18)16-21(5)14-12-17(2)3/h7-11,17,20H,6,12-16H2,1-5H3. The largest absolute Gasteiger partial charge is 0.316 e. The molecule has 2 nitrogen and oxygen atoms in total. The lowest BCUT2D eigenvalue weighted by atomic mass is 9.81. The van der Waals surface area contributed by atoms with Crippen molar-refractivity contribution < 1.29 is 0 Å². The minimum absolute atomic E-state index is 0.169. The van der Waals surface area contributed by atoms with Crippen molar-refractivity contribution in [3.63, 3.8) is 0 Å². The molecule has 2 heteroatoms. The van der Waals surface area contributed by atoms with Crippen molar-refractivity contribution in [2.75, 3.05) is 33.2 Å². The summed E-state index contributed by atoms with van der Waals surface area (Å²) in [5, 5.41) is 3.62. The van der Waals surface area contributed by atoms with Crippen molar-refractivity contribution in [3.05, 3.63) is 35.9 Å². The maximum Gasteiger partial charge on any atom is 0.0176 e. The summed E-state index contributed by atoms with van der Waals surface area (Å²) in [4.78, 5) is 2.49. The third-order valence-electron chi connectivity index (χ3n) is 4.12. The molecule has 120 valence electrons. The molecule has 1 unspecified atom stereocenters. The van der Waals surface area contributed by atoms with E-state index in [1.54, 1.807) is 0 Å². The van der Waals surface area contributed by atoms with Crippen LogP contribution in [0.5, 0.6) is 0 Å². The van der Waals surface area contributed by atoms with Gasteiger partial charge in [0.1, 0.15) is 0 Å². The van der Waals surface area contributed by atoms with Gasteiger partial charge in [0, 0.05) is 18.5 Å². The molecule has 0 spiro atoms. The van der Waals surface area contributed by atoms with Crippen LogP contribution in [0.15, 0.2) is 30.3 Å². The molecule has 1 aromatic rings. The van der Waals surface area contributed by atoms with E-state index in [1.807, 2.05) is 0 Å². The lowest BCUT2D eigenvalue weighted by Gasteiger charge is -2.35. The third-order valence-corrected chi connectivity index (χ3v) is 4.12. The van der Waals surface area contributed by atoms with Crippen molar-refractivity contribution in [2.45, 2.75) is 46.0 Å². The van der Waals surface area contributed by atoms with Gasteiger partial charge in [-0.15, -0.1) is 0 Å². The first kappa shape index (κ1) is 18.2. The molecule has 0 aliphatic rings. The van der Waals surface area contributed by atoms with Crippen LogP contribution in [0.25, 0.3) is 0 Å². The monoisotopic (exact) mass is 290 g/mol. The molecule has 1 N–H and O–H groups in total. The Kier molecular flexibility index (Phi) is 7.98. The Bertz CT molecular complexity index is 374. The van der Waals surface area contributed by atoms with Crippen molar-refractivity contribution in [3.8, 4) is 0 Å². The number of likely N-dealkylation sites (N-methyl/N-ethyl adjacent to an activating group) is 1. The van der Waals surface area contributed by atoms with E-state index in [9.17, 15) is 0 Å². The Labute approximate surface area is 131 Å². The Balaban J connectivity index is 2.72. The van der Waals surface area contributed by atoms with Crippen molar-refractivity contribution in [1.82, 2.24) is 10.2 Å². The van der Waals surface area contributed by atoms with Gasteiger partial charge in [-0.1, -0.05) is 58.0 Å². The highest BCUT2D eigenvalue weighted by Crippen LogP contribution is 2.24. The number of hydrogen-bond acceptors (Lipinski definition) is 2. The first-order valence-electron chi connectivity index (χ1n) is 8.42. The molecule has 0 amide bonds. The second-order valence-electron chi connectivity index (χ2n) is 7.02. The minimum Gasteiger partial charge on any atom is -0.316 e. The molecular formula is C19H34N2. The van der Waals surface area contributed by atoms with Crippen LogP contribution in [0.1, 0.15) is 46.1 Å². The van der Waals surface area contributed by atoms with Gasteiger partial charge in [-0.05, 0) is 44.5 Å². The number of nitrogens with one attached hydrogen (secondary N) is 1. The first-order valence-corrected chi connectivity index (χ1v) is 8.42. The van der Waals surface area contributed by atoms with E-state index in [4.69, 9.17) is 0 Å². The molecule has 1 atom stereocenters.